The number of anilines is 2. The van der Waals surface area contributed by atoms with E-state index < -0.39 is 6.04 Å². The lowest BCUT2D eigenvalue weighted by atomic mass is 10.1. The average Bonchev–Trinajstić information content (AvgIpc) is 2.46. The van der Waals surface area contributed by atoms with E-state index in [1.54, 1.807) is 14.0 Å². The number of hydrogen-bond donors (Lipinski definition) is 2. The Kier molecular flexibility index (Phi) is 4.94. The van der Waals surface area contributed by atoms with E-state index in [0.717, 1.165) is 25.9 Å². The molecule has 110 valence electrons. The first kappa shape index (κ1) is 14.8. The van der Waals surface area contributed by atoms with Crippen molar-refractivity contribution in [1.29, 1.82) is 0 Å². The number of likely N-dealkylation sites (tertiary alicyclic amines) is 1. The molecule has 1 unspecified atom stereocenters. The molecule has 0 aliphatic carbocycles. The number of hydrogen-bond acceptors (Lipinski definition) is 6. The van der Waals surface area contributed by atoms with Crippen LogP contribution in [0.25, 0.3) is 0 Å². The second-order valence-electron chi connectivity index (χ2n) is 4.75. The SMILES string of the molecule is CNc1nc(Cl)nc(NC(C)C(=O)N2CCCCC2)n1. The topological polar surface area (TPSA) is 83.0 Å². The maximum atomic E-state index is 12.3. The standard InChI is InChI=1S/C12H19ClN6O/c1-8(9(20)19-6-4-3-5-7-19)15-12-17-10(13)16-11(14-2)18-12/h8H,3-7H2,1-2H3,(H2,14,15,16,17,18). The van der Waals surface area contributed by atoms with Crippen molar-refractivity contribution in [3.63, 3.8) is 0 Å². The van der Waals surface area contributed by atoms with E-state index >= 15 is 0 Å². The number of piperidine rings is 1. The molecule has 0 saturated carbocycles. The van der Waals surface area contributed by atoms with Crippen molar-refractivity contribution in [2.45, 2.75) is 32.2 Å². The molecule has 1 aliphatic heterocycles. The van der Waals surface area contributed by atoms with E-state index in [2.05, 4.69) is 25.6 Å². The van der Waals surface area contributed by atoms with Crippen molar-refractivity contribution in [3.8, 4) is 0 Å². The molecular formula is C12H19ClN6O. The molecule has 2 N–H and O–H groups in total. The first-order valence-electron chi connectivity index (χ1n) is 6.75. The summed E-state index contributed by atoms with van der Waals surface area (Å²) in [6.45, 7) is 3.45. The molecule has 0 aromatic carbocycles. The van der Waals surface area contributed by atoms with Gasteiger partial charge in [-0.2, -0.15) is 15.0 Å². The molecule has 1 amide bonds. The van der Waals surface area contributed by atoms with Crippen LogP contribution in [0.1, 0.15) is 26.2 Å². The monoisotopic (exact) mass is 298 g/mol. The highest BCUT2D eigenvalue weighted by Crippen LogP contribution is 2.13. The van der Waals surface area contributed by atoms with Gasteiger partial charge in [-0.3, -0.25) is 4.79 Å². The largest absolute Gasteiger partial charge is 0.357 e. The summed E-state index contributed by atoms with van der Waals surface area (Å²) in [5.41, 5.74) is 0. The van der Waals surface area contributed by atoms with E-state index in [9.17, 15) is 4.79 Å². The minimum Gasteiger partial charge on any atom is -0.357 e. The van der Waals surface area contributed by atoms with Crippen LogP contribution in [0.2, 0.25) is 5.28 Å². The summed E-state index contributed by atoms with van der Waals surface area (Å²) in [7, 11) is 1.69. The van der Waals surface area contributed by atoms with Crippen molar-refractivity contribution in [2.75, 3.05) is 30.8 Å². The molecule has 8 heteroatoms. The van der Waals surface area contributed by atoms with E-state index in [1.807, 2.05) is 4.90 Å². The Morgan fingerprint density at radius 3 is 2.50 bits per heavy atom. The van der Waals surface area contributed by atoms with Crippen molar-refractivity contribution in [3.05, 3.63) is 5.28 Å². The number of carbonyl (C=O) groups is 1. The molecule has 1 fully saturated rings. The van der Waals surface area contributed by atoms with Crippen LogP contribution < -0.4 is 10.6 Å². The van der Waals surface area contributed by atoms with Gasteiger partial charge in [0.15, 0.2) is 0 Å². The van der Waals surface area contributed by atoms with Gasteiger partial charge in [0, 0.05) is 20.1 Å². The van der Waals surface area contributed by atoms with Crippen molar-refractivity contribution in [2.24, 2.45) is 0 Å². The highest BCUT2D eigenvalue weighted by atomic mass is 35.5. The molecule has 0 radical (unpaired) electrons. The van der Waals surface area contributed by atoms with E-state index in [-0.39, 0.29) is 11.2 Å². The minimum absolute atomic E-state index is 0.0623. The fourth-order valence-electron chi connectivity index (χ4n) is 2.17. The third kappa shape index (κ3) is 3.69. The van der Waals surface area contributed by atoms with Gasteiger partial charge in [-0.25, -0.2) is 0 Å². The Bertz CT molecular complexity index is 477. The van der Waals surface area contributed by atoms with Gasteiger partial charge < -0.3 is 15.5 Å². The normalized spacial score (nSPS) is 16.6. The minimum atomic E-state index is -0.392. The van der Waals surface area contributed by atoms with Gasteiger partial charge in [-0.05, 0) is 37.8 Å². The van der Waals surface area contributed by atoms with Crippen molar-refractivity contribution in [1.82, 2.24) is 19.9 Å². The van der Waals surface area contributed by atoms with Crippen LogP contribution in [0, 0.1) is 0 Å². The first-order valence-corrected chi connectivity index (χ1v) is 7.12. The quantitative estimate of drug-likeness (QED) is 0.874. The van der Waals surface area contributed by atoms with Gasteiger partial charge >= 0.3 is 0 Å². The van der Waals surface area contributed by atoms with Crippen LogP contribution in [0.5, 0.6) is 0 Å². The average molecular weight is 299 g/mol. The lowest BCUT2D eigenvalue weighted by Crippen LogP contribution is -2.44. The summed E-state index contributed by atoms with van der Waals surface area (Å²) >= 11 is 5.80. The summed E-state index contributed by atoms with van der Waals surface area (Å²) < 4.78 is 0. The molecule has 1 aromatic heterocycles. The number of carbonyl (C=O) groups excluding carboxylic acids is 1. The number of amides is 1. The third-order valence-electron chi connectivity index (χ3n) is 3.22. The van der Waals surface area contributed by atoms with Crippen LogP contribution >= 0.6 is 11.6 Å². The van der Waals surface area contributed by atoms with Crippen molar-refractivity contribution < 1.29 is 4.79 Å². The zero-order valence-corrected chi connectivity index (χ0v) is 12.4. The zero-order chi connectivity index (χ0) is 14.5. The Morgan fingerprint density at radius 2 is 1.85 bits per heavy atom. The fraction of sp³-hybridized carbons (Fsp3) is 0.667. The van der Waals surface area contributed by atoms with Crippen LogP contribution in [-0.4, -0.2) is 51.9 Å². The zero-order valence-electron chi connectivity index (χ0n) is 11.7. The summed E-state index contributed by atoms with van der Waals surface area (Å²) in [5.74, 6) is 0.726. The number of rotatable bonds is 4. The van der Waals surface area contributed by atoms with Crippen LogP contribution in [0.4, 0.5) is 11.9 Å². The maximum Gasteiger partial charge on any atom is 0.244 e. The molecule has 20 heavy (non-hydrogen) atoms. The van der Waals surface area contributed by atoms with Crippen LogP contribution in [0.15, 0.2) is 0 Å². The molecule has 7 nitrogen and oxygen atoms in total. The molecule has 0 spiro atoms. The van der Waals surface area contributed by atoms with E-state index in [1.165, 1.54) is 6.42 Å². The molecule has 2 rings (SSSR count). The predicted molar refractivity (Wildman–Crippen MR) is 77.9 cm³/mol. The number of nitrogens with one attached hydrogen (secondary N) is 2. The Balaban J connectivity index is 2.01. The van der Waals surface area contributed by atoms with E-state index in [0.29, 0.717) is 11.9 Å². The summed E-state index contributed by atoms with van der Waals surface area (Å²) in [4.78, 5) is 26.1. The van der Waals surface area contributed by atoms with E-state index in [4.69, 9.17) is 11.6 Å². The lowest BCUT2D eigenvalue weighted by Gasteiger charge is -2.29. The molecule has 2 heterocycles. The molecule has 1 aliphatic rings. The first-order chi connectivity index (χ1) is 9.60. The molecule has 1 aromatic rings. The summed E-state index contributed by atoms with van der Waals surface area (Å²) in [6, 6.07) is -0.392. The third-order valence-corrected chi connectivity index (χ3v) is 3.38. The van der Waals surface area contributed by atoms with Crippen LogP contribution in [-0.2, 0) is 4.79 Å². The molecule has 0 bridgehead atoms. The molecular weight excluding hydrogens is 280 g/mol. The molecule has 1 atom stereocenters. The highest BCUT2D eigenvalue weighted by Gasteiger charge is 2.22. The number of halogens is 1. The number of aromatic nitrogens is 3. The van der Waals surface area contributed by atoms with Gasteiger partial charge in [-0.1, -0.05) is 0 Å². The van der Waals surface area contributed by atoms with Gasteiger partial charge in [0.2, 0.25) is 23.1 Å². The highest BCUT2D eigenvalue weighted by molar-refractivity contribution is 6.28. The van der Waals surface area contributed by atoms with Gasteiger partial charge in [0.25, 0.3) is 0 Å². The Labute approximate surface area is 123 Å². The summed E-state index contributed by atoms with van der Waals surface area (Å²) in [6.07, 6.45) is 3.33. The van der Waals surface area contributed by atoms with Crippen molar-refractivity contribution >= 4 is 29.4 Å². The predicted octanol–water partition coefficient (Wildman–Crippen LogP) is 1.38. The summed E-state index contributed by atoms with van der Waals surface area (Å²) in [5, 5.41) is 5.86. The maximum absolute atomic E-state index is 12.3. The van der Waals surface area contributed by atoms with Gasteiger partial charge in [-0.15, -0.1) is 0 Å². The second-order valence-corrected chi connectivity index (χ2v) is 5.09. The smallest absolute Gasteiger partial charge is 0.244 e. The lowest BCUT2D eigenvalue weighted by molar-refractivity contribution is -0.132. The second kappa shape index (κ2) is 6.69. The van der Waals surface area contributed by atoms with Crippen LogP contribution in [0.3, 0.4) is 0 Å². The fourth-order valence-corrected chi connectivity index (χ4v) is 2.33. The van der Waals surface area contributed by atoms with Gasteiger partial charge in [0.05, 0.1) is 0 Å². The Morgan fingerprint density at radius 1 is 1.20 bits per heavy atom. The number of nitrogens with zero attached hydrogens (tertiary/aromatic N) is 4. The Hall–Kier alpha value is -1.63. The molecule has 1 saturated heterocycles. The van der Waals surface area contributed by atoms with Gasteiger partial charge in [0.1, 0.15) is 6.04 Å².